The van der Waals surface area contributed by atoms with Crippen LogP contribution in [0.4, 0.5) is 15.9 Å². The maximum atomic E-state index is 15.4. The largest absolute Gasteiger partial charge is 0.457 e. The van der Waals surface area contributed by atoms with E-state index in [0.717, 1.165) is 48.0 Å². The molecule has 42 heavy (non-hydrogen) atoms. The highest BCUT2D eigenvalue weighted by Gasteiger charge is 2.52. The van der Waals surface area contributed by atoms with Crippen LogP contribution in [0.5, 0.6) is 11.5 Å². The standard InChI is InChI=1S/C32H30FN7O2/c1-4-29(41)40-16-20(9-10-32(40)11-12-32)23-6-7-24-30(37-23)31(35-17-34-24)38-25-13-19(2)28(15-22(25)33)42-21-5-8-27-26(14-21)36-18-39(27)3/h4-8,13-15,17-18,20H,1,9-12,16H2,2-3H3,(H,34,35,38). The highest BCUT2D eigenvalue weighted by molar-refractivity contribution is 5.89. The van der Waals surface area contributed by atoms with Gasteiger partial charge in [0.1, 0.15) is 29.2 Å². The van der Waals surface area contributed by atoms with Gasteiger partial charge in [0.2, 0.25) is 5.91 Å². The molecule has 0 radical (unpaired) electrons. The summed E-state index contributed by atoms with van der Waals surface area (Å²) in [7, 11) is 1.93. The van der Waals surface area contributed by atoms with Crippen LogP contribution in [0.15, 0.2) is 67.8 Å². The van der Waals surface area contributed by atoms with Gasteiger partial charge < -0.3 is 19.5 Å². The van der Waals surface area contributed by atoms with E-state index in [9.17, 15) is 4.79 Å². The number of pyridine rings is 1. The van der Waals surface area contributed by atoms with Gasteiger partial charge in [0, 0.05) is 42.9 Å². The molecule has 3 aromatic heterocycles. The third-order valence-electron chi connectivity index (χ3n) is 8.57. The lowest BCUT2D eigenvalue weighted by Gasteiger charge is -2.39. The monoisotopic (exact) mass is 563 g/mol. The van der Waals surface area contributed by atoms with Gasteiger partial charge in [0.25, 0.3) is 0 Å². The fourth-order valence-corrected chi connectivity index (χ4v) is 6.00. The molecule has 1 amide bonds. The van der Waals surface area contributed by atoms with Crippen molar-refractivity contribution in [1.29, 1.82) is 0 Å². The van der Waals surface area contributed by atoms with Crippen LogP contribution in [0.3, 0.4) is 0 Å². The number of halogens is 1. The van der Waals surface area contributed by atoms with Crippen LogP contribution in [0.1, 0.15) is 42.9 Å². The minimum atomic E-state index is -0.488. The van der Waals surface area contributed by atoms with E-state index in [-0.39, 0.29) is 23.1 Å². The Balaban J connectivity index is 1.15. The van der Waals surface area contributed by atoms with Gasteiger partial charge in [-0.2, -0.15) is 0 Å². The summed E-state index contributed by atoms with van der Waals surface area (Å²) in [6.07, 6.45) is 8.55. The normalized spacial score (nSPS) is 17.5. The number of nitrogens with one attached hydrogen (secondary N) is 1. The van der Waals surface area contributed by atoms with Crippen molar-refractivity contribution in [2.75, 3.05) is 11.9 Å². The average molecular weight is 564 g/mol. The van der Waals surface area contributed by atoms with Gasteiger partial charge >= 0.3 is 0 Å². The number of rotatable bonds is 6. The number of hydrogen-bond acceptors (Lipinski definition) is 7. The van der Waals surface area contributed by atoms with Crippen molar-refractivity contribution in [3.05, 3.63) is 84.8 Å². The number of hydrogen-bond donors (Lipinski definition) is 1. The van der Waals surface area contributed by atoms with E-state index in [2.05, 4.69) is 26.8 Å². The molecule has 2 aromatic carbocycles. The first-order valence-electron chi connectivity index (χ1n) is 14.1. The quantitative estimate of drug-likeness (QED) is 0.242. The molecule has 4 heterocycles. The van der Waals surface area contributed by atoms with Crippen LogP contribution in [0.2, 0.25) is 0 Å². The fourth-order valence-electron chi connectivity index (χ4n) is 6.00. The van der Waals surface area contributed by atoms with Crippen LogP contribution >= 0.6 is 0 Å². The number of aromatic nitrogens is 5. The summed E-state index contributed by atoms with van der Waals surface area (Å²) in [4.78, 5) is 32.7. The van der Waals surface area contributed by atoms with Gasteiger partial charge in [-0.05, 0) is 74.6 Å². The zero-order valence-electron chi connectivity index (χ0n) is 23.5. The Kier molecular flexibility index (Phi) is 6.14. The maximum Gasteiger partial charge on any atom is 0.246 e. The Morgan fingerprint density at radius 2 is 1.98 bits per heavy atom. The number of fused-ring (bicyclic) bond motifs is 2. The molecule has 1 N–H and O–H groups in total. The first-order chi connectivity index (χ1) is 20.3. The summed E-state index contributed by atoms with van der Waals surface area (Å²) in [5.74, 6) is 0.954. The number of benzene rings is 2. The second kappa shape index (κ2) is 9.90. The van der Waals surface area contributed by atoms with E-state index in [1.165, 1.54) is 18.5 Å². The zero-order valence-corrected chi connectivity index (χ0v) is 23.5. The molecule has 1 unspecified atom stereocenters. The lowest BCUT2D eigenvalue weighted by molar-refractivity contribution is -0.131. The summed E-state index contributed by atoms with van der Waals surface area (Å²) in [6.45, 7) is 6.16. The number of nitrogens with zero attached hydrogens (tertiary/aromatic N) is 6. The minimum absolute atomic E-state index is 0.00903. The Bertz CT molecular complexity index is 1880. The molecule has 1 atom stereocenters. The summed E-state index contributed by atoms with van der Waals surface area (Å²) in [5, 5.41) is 3.13. The van der Waals surface area contributed by atoms with Crippen LogP contribution in [-0.4, -0.2) is 47.4 Å². The zero-order chi connectivity index (χ0) is 29.0. The topological polar surface area (TPSA) is 98.1 Å². The highest BCUT2D eigenvalue weighted by Crippen LogP contribution is 2.51. The molecule has 2 aliphatic rings. The van der Waals surface area contributed by atoms with Gasteiger partial charge in [-0.15, -0.1) is 0 Å². The number of carbonyl (C=O) groups excluding carboxylic acids is 1. The molecule has 0 bridgehead atoms. The first kappa shape index (κ1) is 26.1. The lowest BCUT2D eigenvalue weighted by Crippen LogP contribution is -2.47. The molecule has 5 aromatic rings. The Labute approximate surface area is 242 Å². The summed E-state index contributed by atoms with van der Waals surface area (Å²) in [5.41, 5.74) is 4.83. The number of carbonyl (C=O) groups is 1. The van der Waals surface area contributed by atoms with E-state index in [4.69, 9.17) is 9.72 Å². The molecule has 1 saturated carbocycles. The highest BCUT2D eigenvalue weighted by atomic mass is 19.1. The summed E-state index contributed by atoms with van der Waals surface area (Å²) >= 11 is 0. The summed E-state index contributed by atoms with van der Waals surface area (Å²) < 4.78 is 23.4. The number of anilines is 2. The predicted octanol–water partition coefficient (Wildman–Crippen LogP) is 6.32. The molecule has 1 spiro atoms. The number of ether oxygens (including phenoxy) is 1. The van der Waals surface area contributed by atoms with Crippen LogP contribution in [0, 0.1) is 12.7 Å². The third kappa shape index (κ3) is 4.52. The molecular formula is C32H30FN7O2. The van der Waals surface area contributed by atoms with Crippen molar-refractivity contribution in [3.8, 4) is 11.5 Å². The van der Waals surface area contributed by atoms with Crippen molar-refractivity contribution in [1.82, 2.24) is 29.4 Å². The van der Waals surface area contributed by atoms with Crippen molar-refractivity contribution in [2.24, 2.45) is 7.05 Å². The van der Waals surface area contributed by atoms with Crippen LogP contribution < -0.4 is 10.1 Å². The van der Waals surface area contributed by atoms with Gasteiger partial charge in [0.15, 0.2) is 5.82 Å². The molecular weight excluding hydrogens is 533 g/mol. The predicted molar refractivity (Wildman–Crippen MR) is 158 cm³/mol. The molecule has 10 heteroatoms. The van der Waals surface area contributed by atoms with Gasteiger partial charge in [-0.25, -0.2) is 24.3 Å². The number of imidazole rings is 1. The first-order valence-corrected chi connectivity index (χ1v) is 14.1. The van der Waals surface area contributed by atoms with Crippen molar-refractivity contribution in [2.45, 2.75) is 44.1 Å². The number of amides is 1. The molecule has 1 aliphatic carbocycles. The van der Waals surface area contributed by atoms with Crippen molar-refractivity contribution in [3.63, 3.8) is 0 Å². The van der Waals surface area contributed by atoms with Crippen molar-refractivity contribution >= 4 is 39.5 Å². The molecule has 212 valence electrons. The number of aryl methyl sites for hydroxylation is 2. The molecule has 7 rings (SSSR count). The smallest absolute Gasteiger partial charge is 0.246 e. The SMILES string of the molecule is C=CC(=O)N1CC(c2ccc3ncnc(Nc4cc(C)c(Oc5ccc6c(c5)ncn6C)cc4F)c3n2)CCC12CC2. The average Bonchev–Trinajstić information content (AvgIpc) is 3.68. The molecule has 2 fully saturated rings. The fraction of sp³-hybridized carbons (Fsp3) is 0.281. The molecule has 9 nitrogen and oxygen atoms in total. The molecule has 1 saturated heterocycles. The Morgan fingerprint density at radius 1 is 1.12 bits per heavy atom. The van der Waals surface area contributed by atoms with Crippen LogP contribution in [0.25, 0.3) is 22.1 Å². The number of likely N-dealkylation sites (tertiary alicyclic amines) is 1. The van der Waals surface area contributed by atoms with Crippen LogP contribution in [-0.2, 0) is 11.8 Å². The number of piperidine rings is 1. The van der Waals surface area contributed by atoms with E-state index in [1.807, 2.05) is 53.8 Å². The Morgan fingerprint density at radius 3 is 2.79 bits per heavy atom. The second-order valence-electron chi connectivity index (χ2n) is 11.3. The molecule has 1 aliphatic heterocycles. The Hall–Kier alpha value is -4.86. The van der Waals surface area contributed by atoms with E-state index < -0.39 is 5.82 Å². The second-order valence-corrected chi connectivity index (χ2v) is 11.3. The third-order valence-corrected chi connectivity index (χ3v) is 8.57. The van der Waals surface area contributed by atoms with Gasteiger partial charge in [0.05, 0.1) is 28.6 Å². The minimum Gasteiger partial charge on any atom is -0.457 e. The van der Waals surface area contributed by atoms with Gasteiger partial charge in [-0.1, -0.05) is 6.58 Å². The van der Waals surface area contributed by atoms with E-state index in [0.29, 0.717) is 34.9 Å². The van der Waals surface area contributed by atoms with Crippen molar-refractivity contribution < 1.29 is 13.9 Å². The maximum absolute atomic E-state index is 15.4. The summed E-state index contributed by atoms with van der Waals surface area (Å²) in [6, 6.07) is 12.5. The van der Waals surface area contributed by atoms with Gasteiger partial charge in [-0.3, -0.25) is 4.79 Å². The van der Waals surface area contributed by atoms with E-state index >= 15 is 4.39 Å². The lowest BCUT2D eigenvalue weighted by atomic mass is 9.88. The van der Waals surface area contributed by atoms with E-state index in [1.54, 1.807) is 12.4 Å².